The summed E-state index contributed by atoms with van der Waals surface area (Å²) in [5.74, 6) is 0.123. The number of hydrogen-bond donors (Lipinski definition) is 2. The second-order valence-electron chi connectivity index (χ2n) is 3.98. The van der Waals surface area contributed by atoms with Crippen molar-refractivity contribution < 1.29 is 4.79 Å². The average molecular weight is 275 g/mol. The summed E-state index contributed by atoms with van der Waals surface area (Å²) in [5.41, 5.74) is 12.1. The molecule has 0 saturated carbocycles. The summed E-state index contributed by atoms with van der Waals surface area (Å²) in [6.45, 7) is 1.00. The number of halogens is 2. The van der Waals surface area contributed by atoms with E-state index in [4.69, 9.17) is 34.7 Å². The highest BCUT2D eigenvalue weighted by molar-refractivity contribution is 6.35. The summed E-state index contributed by atoms with van der Waals surface area (Å²) < 4.78 is 0. The molecule has 4 N–H and O–H groups in total. The number of hydrogen-bond acceptors (Lipinski definition) is 4. The van der Waals surface area contributed by atoms with Gasteiger partial charge in [-0.3, -0.25) is 4.79 Å². The molecular formula is C10H12Cl2N4O. The molecule has 5 nitrogen and oxygen atoms in total. The molecule has 1 fully saturated rings. The Hall–Kier alpha value is -1.04. The van der Waals surface area contributed by atoms with E-state index in [0.29, 0.717) is 25.2 Å². The van der Waals surface area contributed by atoms with Crippen molar-refractivity contribution in [3.63, 3.8) is 0 Å². The topological polar surface area (TPSA) is 85.2 Å². The predicted octanol–water partition coefficient (Wildman–Crippen LogP) is 1.28. The smallest absolute Gasteiger partial charge is 0.227 e. The van der Waals surface area contributed by atoms with Crippen LogP contribution in [0.1, 0.15) is 6.42 Å². The van der Waals surface area contributed by atoms with E-state index in [1.807, 2.05) is 0 Å². The van der Waals surface area contributed by atoms with Crippen molar-refractivity contribution in [3.05, 3.63) is 16.4 Å². The summed E-state index contributed by atoms with van der Waals surface area (Å²) in [6.07, 6.45) is 0.424. The zero-order chi connectivity index (χ0) is 12.6. The number of amides is 1. The molecule has 1 aromatic heterocycles. The molecule has 0 spiro atoms. The number of nitrogens with zero attached hydrogens (tertiary/aromatic N) is 2. The van der Waals surface area contributed by atoms with Crippen LogP contribution in [-0.2, 0) is 4.79 Å². The number of pyridine rings is 1. The minimum atomic E-state index is -0.0227. The molecule has 7 heteroatoms. The van der Waals surface area contributed by atoms with Gasteiger partial charge in [-0.1, -0.05) is 23.2 Å². The molecule has 17 heavy (non-hydrogen) atoms. The third-order valence-corrected chi connectivity index (χ3v) is 3.27. The monoisotopic (exact) mass is 274 g/mol. The first-order valence-electron chi connectivity index (χ1n) is 5.15. The van der Waals surface area contributed by atoms with Gasteiger partial charge in [-0.2, -0.15) is 0 Å². The fourth-order valence-corrected chi connectivity index (χ4v) is 2.30. The van der Waals surface area contributed by atoms with Crippen LogP contribution in [0.3, 0.4) is 0 Å². The molecule has 0 bridgehead atoms. The molecule has 2 heterocycles. The van der Waals surface area contributed by atoms with Gasteiger partial charge in [-0.15, -0.1) is 0 Å². The molecule has 2 rings (SSSR count). The Kier molecular flexibility index (Phi) is 3.42. The van der Waals surface area contributed by atoms with Crippen LogP contribution in [0.25, 0.3) is 0 Å². The van der Waals surface area contributed by atoms with Crippen LogP contribution < -0.4 is 16.4 Å². The van der Waals surface area contributed by atoms with Crippen LogP contribution in [-0.4, -0.2) is 24.0 Å². The Bertz CT molecular complexity index is 466. The van der Waals surface area contributed by atoms with Gasteiger partial charge in [0.05, 0.1) is 11.4 Å². The van der Waals surface area contributed by atoms with Crippen molar-refractivity contribution in [3.8, 4) is 0 Å². The number of nitrogen functional groups attached to an aromatic ring is 1. The van der Waals surface area contributed by atoms with E-state index in [1.165, 1.54) is 0 Å². The van der Waals surface area contributed by atoms with Crippen molar-refractivity contribution in [2.75, 3.05) is 23.7 Å². The molecule has 1 atom stereocenters. The largest absolute Gasteiger partial charge is 0.395 e. The fourth-order valence-electron chi connectivity index (χ4n) is 1.88. The quantitative estimate of drug-likeness (QED) is 0.796. The number of rotatable bonds is 2. The Morgan fingerprint density at radius 2 is 2.24 bits per heavy atom. The van der Waals surface area contributed by atoms with Crippen molar-refractivity contribution >= 4 is 40.5 Å². The van der Waals surface area contributed by atoms with E-state index < -0.39 is 0 Å². The molecule has 1 saturated heterocycles. The van der Waals surface area contributed by atoms with Gasteiger partial charge in [0, 0.05) is 19.0 Å². The highest BCUT2D eigenvalue weighted by Crippen LogP contribution is 2.34. The Morgan fingerprint density at radius 3 is 2.82 bits per heavy atom. The zero-order valence-electron chi connectivity index (χ0n) is 8.99. The van der Waals surface area contributed by atoms with Gasteiger partial charge in [0.1, 0.15) is 5.15 Å². The third-order valence-electron chi connectivity index (χ3n) is 2.79. The summed E-state index contributed by atoms with van der Waals surface area (Å²) in [5, 5.41) is 0.319. The van der Waals surface area contributed by atoms with E-state index >= 15 is 0 Å². The Balaban J connectivity index is 2.38. The maximum absolute atomic E-state index is 11.8. The second-order valence-corrected chi connectivity index (χ2v) is 4.72. The van der Waals surface area contributed by atoms with Gasteiger partial charge in [-0.05, 0) is 12.5 Å². The first-order valence-corrected chi connectivity index (χ1v) is 5.90. The van der Waals surface area contributed by atoms with Crippen molar-refractivity contribution in [2.24, 2.45) is 11.7 Å². The minimum absolute atomic E-state index is 0.0227. The third kappa shape index (κ3) is 2.31. The zero-order valence-corrected chi connectivity index (χ0v) is 10.5. The lowest BCUT2D eigenvalue weighted by Crippen LogP contribution is -2.26. The highest BCUT2D eigenvalue weighted by Gasteiger charge is 2.31. The summed E-state index contributed by atoms with van der Waals surface area (Å²) in [7, 11) is 0. The molecule has 92 valence electrons. The summed E-state index contributed by atoms with van der Waals surface area (Å²) in [6, 6.07) is 1.54. The van der Waals surface area contributed by atoms with Gasteiger partial charge in [0.15, 0.2) is 5.15 Å². The Labute approximate surface area is 109 Å². The lowest BCUT2D eigenvalue weighted by Gasteiger charge is -2.19. The van der Waals surface area contributed by atoms with Crippen LogP contribution in [0.2, 0.25) is 10.3 Å². The number of anilines is 2. The van der Waals surface area contributed by atoms with Gasteiger partial charge in [0.2, 0.25) is 5.91 Å². The lowest BCUT2D eigenvalue weighted by atomic mass is 10.1. The van der Waals surface area contributed by atoms with Gasteiger partial charge < -0.3 is 16.4 Å². The normalized spacial score (nSPS) is 20.1. The van der Waals surface area contributed by atoms with Crippen LogP contribution in [0.5, 0.6) is 0 Å². The first kappa shape index (κ1) is 12.4. The SMILES string of the molecule is NCC1CC(=O)N(c2cc(Cl)nc(Cl)c2N)C1. The lowest BCUT2D eigenvalue weighted by molar-refractivity contribution is -0.117. The van der Waals surface area contributed by atoms with E-state index in [-0.39, 0.29) is 27.8 Å². The minimum Gasteiger partial charge on any atom is -0.395 e. The summed E-state index contributed by atoms with van der Waals surface area (Å²) in [4.78, 5) is 17.2. The van der Waals surface area contributed by atoms with Crippen LogP contribution in [0.15, 0.2) is 6.07 Å². The van der Waals surface area contributed by atoms with Crippen LogP contribution in [0, 0.1) is 5.92 Å². The molecule has 0 aliphatic carbocycles. The van der Waals surface area contributed by atoms with Crippen LogP contribution >= 0.6 is 23.2 Å². The van der Waals surface area contributed by atoms with E-state index in [1.54, 1.807) is 11.0 Å². The molecule has 0 aromatic carbocycles. The molecule has 0 radical (unpaired) electrons. The highest BCUT2D eigenvalue weighted by atomic mass is 35.5. The van der Waals surface area contributed by atoms with Crippen molar-refractivity contribution in [1.82, 2.24) is 4.98 Å². The van der Waals surface area contributed by atoms with Gasteiger partial charge >= 0.3 is 0 Å². The maximum atomic E-state index is 11.8. The van der Waals surface area contributed by atoms with E-state index in [2.05, 4.69) is 4.98 Å². The van der Waals surface area contributed by atoms with Crippen molar-refractivity contribution in [2.45, 2.75) is 6.42 Å². The van der Waals surface area contributed by atoms with Crippen molar-refractivity contribution in [1.29, 1.82) is 0 Å². The number of carbonyl (C=O) groups is 1. The predicted molar refractivity (Wildman–Crippen MR) is 68.2 cm³/mol. The number of nitrogens with two attached hydrogens (primary N) is 2. The number of carbonyl (C=O) groups excluding carboxylic acids is 1. The second kappa shape index (κ2) is 4.68. The van der Waals surface area contributed by atoms with Crippen LogP contribution in [0.4, 0.5) is 11.4 Å². The fraction of sp³-hybridized carbons (Fsp3) is 0.400. The molecule has 1 amide bonds. The van der Waals surface area contributed by atoms with Gasteiger partial charge in [-0.25, -0.2) is 4.98 Å². The molecule has 1 aliphatic heterocycles. The average Bonchev–Trinajstić information content (AvgIpc) is 2.65. The Morgan fingerprint density at radius 1 is 1.53 bits per heavy atom. The molecule has 1 aromatic rings. The molecule has 1 aliphatic rings. The van der Waals surface area contributed by atoms with E-state index in [9.17, 15) is 4.79 Å². The molecular weight excluding hydrogens is 263 g/mol. The standard InChI is InChI=1S/C10H12Cl2N4O/c11-7-2-6(9(14)10(12)15-7)16-4-5(3-13)1-8(16)17/h2,5H,1,3-4,13-14H2. The molecule has 1 unspecified atom stereocenters. The van der Waals surface area contributed by atoms with Gasteiger partial charge in [0.25, 0.3) is 0 Å². The van der Waals surface area contributed by atoms with E-state index in [0.717, 1.165) is 0 Å². The summed E-state index contributed by atoms with van der Waals surface area (Å²) >= 11 is 11.6. The maximum Gasteiger partial charge on any atom is 0.227 e. The number of aromatic nitrogens is 1. The first-order chi connectivity index (χ1) is 8.02.